The predicted octanol–water partition coefficient (Wildman–Crippen LogP) is 1.94. The number of carboxylic acids is 1. The molecule has 6 nitrogen and oxygen atoms in total. The van der Waals surface area contributed by atoms with Crippen molar-refractivity contribution >= 4 is 12.0 Å². The zero-order chi connectivity index (χ0) is 15.0. The Morgan fingerprint density at radius 2 is 2.00 bits per heavy atom. The summed E-state index contributed by atoms with van der Waals surface area (Å²) >= 11 is 0. The van der Waals surface area contributed by atoms with Gasteiger partial charge in [0.2, 0.25) is 0 Å². The summed E-state index contributed by atoms with van der Waals surface area (Å²) in [6.45, 7) is 3.91. The molecule has 0 fully saturated rings. The van der Waals surface area contributed by atoms with E-state index < -0.39 is 11.9 Å². The molecular weight excluding hydrogens is 258 g/mol. The molecule has 0 aliphatic rings. The first-order chi connectivity index (χ1) is 9.54. The number of hydrogen-bond donors (Lipinski definition) is 3. The van der Waals surface area contributed by atoms with Gasteiger partial charge in [0, 0.05) is 18.9 Å². The Hall–Kier alpha value is -2.11. The Labute approximate surface area is 118 Å². The summed E-state index contributed by atoms with van der Waals surface area (Å²) in [6.07, 6.45) is 4.64. The van der Waals surface area contributed by atoms with Crippen molar-refractivity contribution in [2.45, 2.75) is 32.7 Å². The van der Waals surface area contributed by atoms with Crippen molar-refractivity contribution in [3.63, 3.8) is 0 Å². The van der Waals surface area contributed by atoms with Gasteiger partial charge in [0.15, 0.2) is 0 Å². The van der Waals surface area contributed by atoms with Crippen LogP contribution in [-0.4, -0.2) is 28.6 Å². The van der Waals surface area contributed by atoms with Crippen molar-refractivity contribution in [2.75, 3.05) is 6.54 Å². The number of carbonyl (C=O) groups excluding carboxylic acids is 1. The lowest BCUT2D eigenvalue weighted by molar-refractivity contribution is -0.141. The normalized spacial score (nSPS) is 13.3. The van der Waals surface area contributed by atoms with Gasteiger partial charge in [0.1, 0.15) is 0 Å². The second-order valence-corrected chi connectivity index (χ2v) is 4.68. The van der Waals surface area contributed by atoms with Crippen molar-refractivity contribution in [3.8, 4) is 0 Å². The van der Waals surface area contributed by atoms with E-state index in [2.05, 4.69) is 15.6 Å². The highest BCUT2D eigenvalue weighted by atomic mass is 16.4. The number of amides is 2. The Kier molecular flexibility index (Phi) is 6.49. The van der Waals surface area contributed by atoms with Gasteiger partial charge in [0.05, 0.1) is 12.0 Å². The fourth-order valence-electron chi connectivity index (χ4n) is 1.86. The number of nitrogens with zero attached hydrogens (tertiary/aromatic N) is 1. The molecule has 1 aromatic rings. The maximum Gasteiger partial charge on any atom is 0.315 e. The molecule has 2 atom stereocenters. The van der Waals surface area contributed by atoms with Crippen molar-refractivity contribution in [1.82, 2.24) is 15.6 Å². The number of aromatic nitrogens is 1. The van der Waals surface area contributed by atoms with E-state index in [-0.39, 0.29) is 18.6 Å². The van der Waals surface area contributed by atoms with Crippen LogP contribution in [0.25, 0.3) is 0 Å². The Morgan fingerprint density at radius 1 is 1.35 bits per heavy atom. The van der Waals surface area contributed by atoms with Crippen LogP contribution in [0.1, 0.15) is 38.3 Å². The molecule has 0 radical (unpaired) electrons. The number of carboxylic acid groups (broad SMARTS) is 1. The molecule has 2 unspecified atom stereocenters. The fourth-order valence-corrected chi connectivity index (χ4v) is 1.86. The van der Waals surface area contributed by atoms with Crippen LogP contribution in [0.3, 0.4) is 0 Å². The lowest BCUT2D eigenvalue weighted by Crippen LogP contribution is -2.40. The van der Waals surface area contributed by atoms with Crippen molar-refractivity contribution in [2.24, 2.45) is 5.92 Å². The summed E-state index contributed by atoms with van der Waals surface area (Å²) in [4.78, 5) is 26.6. The summed E-state index contributed by atoms with van der Waals surface area (Å²) < 4.78 is 0. The summed E-state index contributed by atoms with van der Waals surface area (Å²) in [5, 5.41) is 14.4. The molecule has 1 heterocycles. The van der Waals surface area contributed by atoms with E-state index in [9.17, 15) is 9.59 Å². The summed E-state index contributed by atoms with van der Waals surface area (Å²) in [7, 11) is 0. The molecule has 0 saturated heterocycles. The largest absolute Gasteiger partial charge is 0.481 e. The lowest BCUT2D eigenvalue weighted by atomic mass is 10.0. The minimum absolute atomic E-state index is 0.137. The first-order valence-corrected chi connectivity index (χ1v) is 6.71. The van der Waals surface area contributed by atoms with E-state index in [0.29, 0.717) is 6.42 Å². The molecular formula is C14H21N3O3. The molecule has 6 heteroatoms. The average molecular weight is 279 g/mol. The van der Waals surface area contributed by atoms with Crippen LogP contribution in [-0.2, 0) is 4.79 Å². The molecule has 0 bridgehead atoms. The number of urea groups is 1. The molecule has 0 saturated carbocycles. The third kappa shape index (κ3) is 5.26. The molecule has 110 valence electrons. The number of nitrogens with one attached hydrogen (secondary N) is 2. The highest BCUT2D eigenvalue weighted by Gasteiger charge is 2.17. The van der Waals surface area contributed by atoms with Crippen LogP contribution < -0.4 is 10.6 Å². The van der Waals surface area contributed by atoms with Crippen molar-refractivity contribution < 1.29 is 14.7 Å². The topological polar surface area (TPSA) is 91.3 Å². The Balaban J connectivity index is 2.41. The molecule has 0 aliphatic heterocycles. The second-order valence-electron chi connectivity index (χ2n) is 4.68. The average Bonchev–Trinajstić information content (AvgIpc) is 2.44. The van der Waals surface area contributed by atoms with Gasteiger partial charge in [-0.25, -0.2) is 4.79 Å². The van der Waals surface area contributed by atoms with E-state index in [0.717, 1.165) is 12.0 Å². The molecule has 0 aliphatic carbocycles. The molecule has 0 aromatic carbocycles. The quantitative estimate of drug-likeness (QED) is 0.711. The lowest BCUT2D eigenvalue weighted by Gasteiger charge is -2.16. The summed E-state index contributed by atoms with van der Waals surface area (Å²) in [5.41, 5.74) is 0.943. The number of carbonyl (C=O) groups is 2. The third-order valence-electron chi connectivity index (χ3n) is 3.05. The first-order valence-electron chi connectivity index (χ1n) is 6.71. The smallest absolute Gasteiger partial charge is 0.315 e. The zero-order valence-corrected chi connectivity index (χ0v) is 11.8. The van der Waals surface area contributed by atoms with E-state index in [4.69, 9.17) is 5.11 Å². The standard InChI is InChI=1S/C14H21N3O3/c1-3-4-12(13(18)19)9-16-14(20)17-10(2)11-5-7-15-8-6-11/h5-8,10,12H,3-4,9H2,1-2H3,(H,18,19)(H2,16,17,20). The van der Waals surface area contributed by atoms with Gasteiger partial charge in [0.25, 0.3) is 0 Å². The number of hydrogen-bond acceptors (Lipinski definition) is 3. The Bertz CT molecular complexity index is 437. The number of aliphatic carboxylic acids is 1. The van der Waals surface area contributed by atoms with Crippen molar-refractivity contribution in [1.29, 1.82) is 0 Å². The number of pyridine rings is 1. The van der Waals surface area contributed by atoms with Crippen molar-refractivity contribution in [3.05, 3.63) is 30.1 Å². The van der Waals surface area contributed by atoms with E-state index in [1.807, 2.05) is 26.0 Å². The predicted molar refractivity (Wildman–Crippen MR) is 75.2 cm³/mol. The minimum atomic E-state index is -0.880. The van der Waals surface area contributed by atoms with E-state index in [1.54, 1.807) is 12.4 Å². The van der Waals surface area contributed by atoms with Gasteiger partial charge in [-0.15, -0.1) is 0 Å². The summed E-state index contributed by atoms with van der Waals surface area (Å²) in [5.74, 6) is -1.42. The van der Waals surface area contributed by atoms with Gasteiger partial charge >= 0.3 is 12.0 Å². The monoisotopic (exact) mass is 279 g/mol. The molecule has 0 spiro atoms. The van der Waals surface area contributed by atoms with Crippen LogP contribution in [0.4, 0.5) is 4.79 Å². The third-order valence-corrected chi connectivity index (χ3v) is 3.05. The van der Waals surface area contributed by atoms with E-state index >= 15 is 0 Å². The Morgan fingerprint density at radius 3 is 2.55 bits per heavy atom. The maximum atomic E-state index is 11.7. The van der Waals surface area contributed by atoms with Crippen LogP contribution in [0.2, 0.25) is 0 Å². The SMILES string of the molecule is CCCC(CNC(=O)NC(C)c1ccncc1)C(=O)O. The molecule has 1 rings (SSSR count). The van der Waals surface area contributed by atoms with E-state index in [1.165, 1.54) is 0 Å². The first kappa shape index (κ1) is 15.9. The zero-order valence-electron chi connectivity index (χ0n) is 11.8. The van der Waals surface area contributed by atoms with Gasteiger partial charge in [-0.05, 0) is 31.0 Å². The second kappa shape index (κ2) is 8.14. The maximum absolute atomic E-state index is 11.7. The van der Waals surface area contributed by atoms with Gasteiger partial charge in [-0.3, -0.25) is 9.78 Å². The molecule has 1 aromatic heterocycles. The van der Waals surface area contributed by atoms with Crippen LogP contribution in [0.15, 0.2) is 24.5 Å². The highest BCUT2D eigenvalue weighted by Crippen LogP contribution is 2.10. The molecule has 3 N–H and O–H groups in total. The molecule has 20 heavy (non-hydrogen) atoms. The van der Waals surface area contributed by atoms with Gasteiger partial charge in [-0.1, -0.05) is 13.3 Å². The van der Waals surface area contributed by atoms with Crippen LogP contribution in [0, 0.1) is 5.92 Å². The highest BCUT2D eigenvalue weighted by molar-refractivity contribution is 5.76. The fraction of sp³-hybridized carbons (Fsp3) is 0.500. The van der Waals surface area contributed by atoms with Crippen LogP contribution >= 0.6 is 0 Å². The van der Waals surface area contributed by atoms with Gasteiger partial charge < -0.3 is 15.7 Å². The van der Waals surface area contributed by atoms with Crippen LogP contribution in [0.5, 0.6) is 0 Å². The number of rotatable bonds is 7. The van der Waals surface area contributed by atoms with Gasteiger partial charge in [-0.2, -0.15) is 0 Å². The summed E-state index contributed by atoms with van der Waals surface area (Å²) in [6, 6.07) is 3.12. The minimum Gasteiger partial charge on any atom is -0.481 e. The molecule has 2 amide bonds.